The summed E-state index contributed by atoms with van der Waals surface area (Å²) in [5.41, 5.74) is 6.44. The second-order valence-corrected chi connectivity index (χ2v) is 6.44. The molecule has 2 aromatic rings. The number of imidazole rings is 1. The van der Waals surface area contributed by atoms with Gasteiger partial charge < -0.3 is 20.9 Å². The molecule has 2 atom stereocenters. The highest BCUT2D eigenvalue weighted by Gasteiger charge is 2.22. The number of hydrogen-bond acceptors (Lipinski definition) is 4. The molecular formula is C18H24FN5O2. The summed E-state index contributed by atoms with van der Waals surface area (Å²) in [5.74, 6) is -0.585. The van der Waals surface area contributed by atoms with Crippen LogP contribution in [0.4, 0.5) is 4.39 Å². The largest absolute Gasteiger partial charge is 0.346 e. The van der Waals surface area contributed by atoms with Gasteiger partial charge in [0.2, 0.25) is 11.8 Å². The number of halogens is 1. The maximum absolute atomic E-state index is 13.2. The molecule has 26 heavy (non-hydrogen) atoms. The molecule has 0 saturated carbocycles. The quantitative estimate of drug-likeness (QED) is 0.681. The van der Waals surface area contributed by atoms with Gasteiger partial charge in [-0.25, -0.2) is 9.37 Å². The predicted molar refractivity (Wildman–Crippen MR) is 95.4 cm³/mol. The summed E-state index contributed by atoms with van der Waals surface area (Å²) < 4.78 is 15.0. The predicted octanol–water partition coefficient (Wildman–Crippen LogP) is 0.864. The minimum atomic E-state index is -0.676. The highest BCUT2D eigenvalue weighted by atomic mass is 19.1. The third-order valence-corrected chi connectivity index (χ3v) is 4.07. The minimum absolute atomic E-state index is 0.0300. The van der Waals surface area contributed by atoms with Gasteiger partial charge in [0.05, 0.1) is 12.6 Å². The fourth-order valence-corrected chi connectivity index (χ4v) is 2.41. The number of amides is 2. The van der Waals surface area contributed by atoms with E-state index in [2.05, 4.69) is 15.6 Å². The molecule has 2 rings (SSSR count). The zero-order chi connectivity index (χ0) is 19.3. The Kier molecular flexibility index (Phi) is 6.46. The molecule has 7 nitrogen and oxygen atoms in total. The van der Waals surface area contributed by atoms with E-state index < -0.39 is 18.0 Å². The molecule has 140 valence electrons. The Morgan fingerprint density at radius 3 is 2.46 bits per heavy atom. The average Bonchev–Trinajstić information content (AvgIpc) is 3.03. The summed E-state index contributed by atoms with van der Waals surface area (Å²) in [7, 11) is 1.80. The Labute approximate surface area is 151 Å². The van der Waals surface area contributed by atoms with Crippen LogP contribution in [0.25, 0.3) is 0 Å². The Balaban J connectivity index is 2.10. The number of benzene rings is 1. The molecule has 0 saturated heterocycles. The normalized spacial score (nSPS) is 13.3. The number of aryl methyl sites for hydroxylation is 1. The summed E-state index contributed by atoms with van der Waals surface area (Å²) >= 11 is 0. The highest BCUT2D eigenvalue weighted by Crippen LogP contribution is 2.20. The standard InChI is InChI=1S/C18H24FN5O2/c1-11(2)15(20)18(26)22-10-14(25)23-16(17-21-8-9-24(17)3)12-4-6-13(19)7-5-12/h4-9,11,15-16H,10,20H2,1-3H3,(H,22,26)(H,23,25)/t15-,16?/m0/s1. The van der Waals surface area contributed by atoms with Gasteiger partial charge >= 0.3 is 0 Å². The Morgan fingerprint density at radius 1 is 1.27 bits per heavy atom. The summed E-state index contributed by atoms with van der Waals surface area (Å²) in [6, 6.07) is 4.57. The van der Waals surface area contributed by atoms with Crippen LogP contribution in [0.2, 0.25) is 0 Å². The van der Waals surface area contributed by atoms with E-state index in [0.717, 1.165) is 0 Å². The van der Waals surface area contributed by atoms with Crippen molar-refractivity contribution in [3.8, 4) is 0 Å². The van der Waals surface area contributed by atoms with Gasteiger partial charge in [0.15, 0.2) is 0 Å². The molecule has 1 unspecified atom stereocenters. The van der Waals surface area contributed by atoms with E-state index in [9.17, 15) is 14.0 Å². The van der Waals surface area contributed by atoms with E-state index in [1.54, 1.807) is 36.1 Å². The van der Waals surface area contributed by atoms with Gasteiger partial charge in [-0.1, -0.05) is 26.0 Å². The summed E-state index contributed by atoms with van der Waals surface area (Å²) in [4.78, 5) is 28.5. The molecule has 0 spiro atoms. The minimum Gasteiger partial charge on any atom is -0.346 e. The van der Waals surface area contributed by atoms with Crippen LogP contribution >= 0.6 is 0 Å². The fourth-order valence-electron chi connectivity index (χ4n) is 2.41. The summed E-state index contributed by atoms with van der Waals surface area (Å²) in [5, 5.41) is 5.35. The monoisotopic (exact) mass is 361 g/mol. The second kappa shape index (κ2) is 8.57. The number of nitrogens with two attached hydrogens (primary N) is 1. The van der Waals surface area contributed by atoms with E-state index >= 15 is 0 Å². The smallest absolute Gasteiger partial charge is 0.240 e. The van der Waals surface area contributed by atoms with E-state index in [-0.39, 0.29) is 24.2 Å². The molecular weight excluding hydrogens is 337 g/mol. The maximum atomic E-state index is 13.2. The van der Waals surface area contributed by atoms with Crippen molar-refractivity contribution in [3.63, 3.8) is 0 Å². The SMILES string of the molecule is CC(C)[C@H](N)C(=O)NCC(=O)NC(c1ccc(F)cc1)c1nccn1C. The van der Waals surface area contributed by atoms with Crippen LogP contribution < -0.4 is 16.4 Å². The highest BCUT2D eigenvalue weighted by molar-refractivity contribution is 5.87. The molecule has 0 radical (unpaired) electrons. The number of aromatic nitrogens is 2. The average molecular weight is 361 g/mol. The van der Waals surface area contributed by atoms with E-state index in [1.807, 2.05) is 13.8 Å². The first-order valence-corrected chi connectivity index (χ1v) is 8.35. The Bertz CT molecular complexity index is 757. The van der Waals surface area contributed by atoms with Crippen LogP contribution in [-0.4, -0.2) is 34.0 Å². The van der Waals surface area contributed by atoms with Gasteiger partial charge in [-0.05, 0) is 23.6 Å². The third-order valence-electron chi connectivity index (χ3n) is 4.07. The van der Waals surface area contributed by atoms with Crippen LogP contribution in [0.3, 0.4) is 0 Å². The van der Waals surface area contributed by atoms with Crippen LogP contribution in [0.1, 0.15) is 31.3 Å². The lowest BCUT2D eigenvalue weighted by molar-refractivity contribution is -0.127. The zero-order valence-electron chi connectivity index (χ0n) is 15.1. The third kappa shape index (κ3) is 4.89. The lowest BCUT2D eigenvalue weighted by atomic mass is 10.0. The van der Waals surface area contributed by atoms with E-state index in [4.69, 9.17) is 5.73 Å². The maximum Gasteiger partial charge on any atom is 0.240 e. The molecule has 2 amide bonds. The van der Waals surface area contributed by atoms with Gasteiger partial charge in [0.25, 0.3) is 0 Å². The van der Waals surface area contributed by atoms with Crippen LogP contribution in [0.5, 0.6) is 0 Å². The molecule has 1 heterocycles. The first-order chi connectivity index (χ1) is 12.3. The van der Waals surface area contributed by atoms with Crippen molar-refractivity contribution in [2.75, 3.05) is 6.54 Å². The van der Waals surface area contributed by atoms with Crippen molar-refractivity contribution in [2.45, 2.75) is 25.9 Å². The van der Waals surface area contributed by atoms with Gasteiger partial charge in [0, 0.05) is 19.4 Å². The zero-order valence-corrected chi connectivity index (χ0v) is 15.1. The molecule has 8 heteroatoms. The molecule has 0 bridgehead atoms. The second-order valence-electron chi connectivity index (χ2n) is 6.44. The first kappa shape index (κ1) is 19.6. The van der Waals surface area contributed by atoms with Crippen LogP contribution in [0, 0.1) is 11.7 Å². The van der Waals surface area contributed by atoms with Crippen molar-refractivity contribution in [3.05, 3.63) is 53.9 Å². The lowest BCUT2D eigenvalue weighted by Crippen LogP contribution is -2.47. The topological polar surface area (TPSA) is 102 Å². The number of carbonyl (C=O) groups excluding carboxylic acids is 2. The van der Waals surface area contributed by atoms with Crippen molar-refractivity contribution in [1.29, 1.82) is 0 Å². The van der Waals surface area contributed by atoms with Gasteiger partial charge in [-0.2, -0.15) is 0 Å². The van der Waals surface area contributed by atoms with Crippen LogP contribution in [0.15, 0.2) is 36.7 Å². The molecule has 4 N–H and O–H groups in total. The first-order valence-electron chi connectivity index (χ1n) is 8.35. The number of nitrogens with zero attached hydrogens (tertiary/aromatic N) is 2. The van der Waals surface area contributed by atoms with Gasteiger partial charge in [-0.15, -0.1) is 0 Å². The van der Waals surface area contributed by atoms with Gasteiger partial charge in [-0.3, -0.25) is 9.59 Å². The van der Waals surface area contributed by atoms with Crippen LogP contribution in [-0.2, 0) is 16.6 Å². The molecule has 1 aromatic carbocycles. The molecule has 0 aliphatic carbocycles. The molecule has 1 aromatic heterocycles. The van der Waals surface area contributed by atoms with Crippen molar-refractivity contribution >= 4 is 11.8 Å². The molecule has 0 fully saturated rings. The Morgan fingerprint density at radius 2 is 1.92 bits per heavy atom. The molecule has 0 aliphatic heterocycles. The fraction of sp³-hybridized carbons (Fsp3) is 0.389. The Hall–Kier alpha value is -2.74. The van der Waals surface area contributed by atoms with Crippen molar-refractivity contribution < 1.29 is 14.0 Å². The number of nitrogens with one attached hydrogen (secondary N) is 2. The summed E-state index contributed by atoms with van der Waals surface area (Å²) in [6.45, 7) is 3.45. The van der Waals surface area contributed by atoms with Gasteiger partial charge in [0.1, 0.15) is 17.7 Å². The van der Waals surface area contributed by atoms with Crippen molar-refractivity contribution in [1.82, 2.24) is 20.2 Å². The van der Waals surface area contributed by atoms with Crippen molar-refractivity contribution in [2.24, 2.45) is 18.7 Å². The molecule has 0 aliphatic rings. The van der Waals surface area contributed by atoms with E-state index in [0.29, 0.717) is 11.4 Å². The lowest BCUT2D eigenvalue weighted by Gasteiger charge is -2.20. The summed E-state index contributed by atoms with van der Waals surface area (Å²) in [6.07, 6.45) is 3.36. The number of hydrogen-bond donors (Lipinski definition) is 3. The van der Waals surface area contributed by atoms with E-state index in [1.165, 1.54) is 12.1 Å². The number of carbonyl (C=O) groups is 2. The number of rotatable bonds is 7.